The zero-order chi connectivity index (χ0) is 15.4. The second kappa shape index (κ2) is 7.06. The third-order valence-corrected chi connectivity index (χ3v) is 3.76. The van der Waals surface area contributed by atoms with Gasteiger partial charge in [0, 0.05) is 11.6 Å². The van der Waals surface area contributed by atoms with Gasteiger partial charge in [0.2, 0.25) is 0 Å². The zero-order valence-electron chi connectivity index (χ0n) is 10.4. The minimum atomic E-state index is -0.544. The number of nitrogens with zero attached hydrogens (tertiary/aromatic N) is 1. The molecule has 2 aromatic rings. The number of anilines is 1. The largest absolute Gasteiger partial charge is 0.330 e. The fourth-order valence-electron chi connectivity index (χ4n) is 1.45. The summed E-state index contributed by atoms with van der Waals surface area (Å²) < 4.78 is 13.9. The van der Waals surface area contributed by atoms with Gasteiger partial charge in [0.25, 0.3) is 5.91 Å². The summed E-state index contributed by atoms with van der Waals surface area (Å²) >= 11 is 11.2. The Balaban J connectivity index is 2.06. The van der Waals surface area contributed by atoms with Crippen molar-refractivity contribution in [1.29, 1.82) is 0 Å². The van der Waals surface area contributed by atoms with Crippen molar-refractivity contribution < 1.29 is 9.18 Å². The molecule has 0 aliphatic rings. The van der Waals surface area contributed by atoms with E-state index < -0.39 is 5.82 Å². The highest BCUT2D eigenvalue weighted by Gasteiger charge is 2.11. The number of thiocarbonyl (C=S) groups is 1. The van der Waals surface area contributed by atoms with Crippen LogP contribution in [0, 0.1) is 5.82 Å². The van der Waals surface area contributed by atoms with E-state index in [1.54, 1.807) is 30.3 Å². The molecule has 0 spiro atoms. The molecule has 4 nitrogen and oxygen atoms in total. The Labute approximate surface area is 142 Å². The van der Waals surface area contributed by atoms with E-state index in [-0.39, 0.29) is 15.6 Å². The Morgan fingerprint density at radius 1 is 1.19 bits per heavy atom. The lowest BCUT2D eigenvalue weighted by Crippen LogP contribution is -2.34. The number of rotatable bonds is 2. The molecular weight excluding hydrogens is 425 g/mol. The van der Waals surface area contributed by atoms with E-state index in [0.29, 0.717) is 15.9 Å². The van der Waals surface area contributed by atoms with Gasteiger partial charge in [-0.2, -0.15) is 0 Å². The van der Waals surface area contributed by atoms with Gasteiger partial charge in [-0.15, -0.1) is 0 Å². The molecule has 0 bridgehead atoms. The number of hydrogen-bond acceptors (Lipinski definition) is 3. The van der Waals surface area contributed by atoms with E-state index in [0.717, 1.165) is 0 Å². The van der Waals surface area contributed by atoms with Crippen LogP contribution in [0.15, 0.2) is 45.6 Å². The predicted octanol–water partition coefficient (Wildman–Crippen LogP) is 3.87. The predicted molar refractivity (Wildman–Crippen MR) is 89.7 cm³/mol. The van der Waals surface area contributed by atoms with Crippen molar-refractivity contribution in [2.24, 2.45) is 0 Å². The molecular formula is C13H8Br2FN3OS. The number of amides is 1. The van der Waals surface area contributed by atoms with Crippen LogP contribution in [-0.4, -0.2) is 16.0 Å². The maximum absolute atomic E-state index is 13.4. The maximum Gasteiger partial charge on any atom is 0.257 e. The van der Waals surface area contributed by atoms with Gasteiger partial charge >= 0.3 is 0 Å². The van der Waals surface area contributed by atoms with E-state index >= 15 is 0 Å². The highest BCUT2D eigenvalue weighted by Crippen LogP contribution is 2.25. The van der Waals surface area contributed by atoms with Gasteiger partial charge < -0.3 is 5.32 Å². The molecule has 0 radical (unpaired) electrons. The summed E-state index contributed by atoms with van der Waals surface area (Å²) in [5.74, 6) is -0.896. The minimum Gasteiger partial charge on any atom is -0.330 e. The first-order chi connectivity index (χ1) is 9.97. The molecule has 21 heavy (non-hydrogen) atoms. The van der Waals surface area contributed by atoms with Gasteiger partial charge in [0.15, 0.2) is 10.9 Å². The molecule has 1 amide bonds. The number of aromatic nitrogens is 1. The SMILES string of the molecule is O=C(NC(=S)Nc1cc(F)c(Br)nc1Br)c1ccccc1. The average molecular weight is 433 g/mol. The van der Waals surface area contributed by atoms with Crippen molar-refractivity contribution >= 4 is 60.8 Å². The first-order valence-corrected chi connectivity index (χ1v) is 7.65. The molecule has 0 unspecified atom stereocenters. The molecule has 2 rings (SSSR count). The van der Waals surface area contributed by atoms with Gasteiger partial charge in [-0.1, -0.05) is 18.2 Å². The fraction of sp³-hybridized carbons (Fsp3) is 0. The molecule has 1 aromatic carbocycles. The summed E-state index contributed by atoms with van der Waals surface area (Å²) in [7, 11) is 0. The van der Waals surface area contributed by atoms with Gasteiger partial charge in [0.05, 0.1) is 5.69 Å². The number of pyridine rings is 1. The summed E-state index contributed by atoms with van der Waals surface area (Å²) in [6.07, 6.45) is 0. The topological polar surface area (TPSA) is 54.0 Å². The smallest absolute Gasteiger partial charge is 0.257 e. The number of benzene rings is 1. The lowest BCUT2D eigenvalue weighted by Gasteiger charge is -2.11. The molecule has 1 aromatic heterocycles. The molecule has 0 aliphatic carbocycles. The first-order valence-electron chi connectivity index (χ1n) is 5.66. The normalized spacial score (nSPS) is 10.0. The summed E-state index contributed by atoms with van der Waals surface area (Å²) in [6.45, 7) is 0. The monoisotopic (exact) mass is 431 g/mol. The van der Waals surface area contributed by atoms with Crippen LogP contribution in [0.2, 0.25) is 0 Å². The van der Waals surface area contributed by atoms with Crippen LogP contribution in [0.25, 0.3) is 0 Å². The van der Waals surface area contributed by atoms with Crippen molar-refractivity contribution in [3.05, 3.63) is 57.0 Å². The van der Waals surface area contributed by atoms with Crippen molar-refractivity contribution in [1.82, 2.24) is 10.3 Å². The number of halogens is 3. The van der Waals surface area contributed by atoms with Crippen LogP contribution >= 0.6 is 44.1 Å². The maximum atomic E-state index is 13.4. The van der Waals surface area contributed by atoms with Crippen LogP contribution in [-0.2, 0) is 0 Å². The van der Waals surface area contributed by atoms with Crippen LogP contribution in [0.4, 0.5) is 10.1 Å². The Bertz CT molecular complexity index is 697. The summed E-state index contributed by atoms with van der Waals surface area (Å²) in [4.78, 5) is 15.8. The quantitative estimate of drug-likeness (QED) is 0.558. The van der Waals surface area contributed by atoms with Crippen LogP contribution in [0.3, 0.4) is 0 Å². The van der Waals surface area contributed by atoms with Crippen molar-refractivity contribution in [3.63, 3.8) is 0 Å². The third kappa shape index (κ3) is 4.29. The van der Waals surface area contributed by atoms with E-state index in [2.05, 4.69) is 47.5 Å². The molecule has 0 aliphatic heterocycles. The Morgan fingerprint density at radius 2 is 1.86 bits per heavy atom. The van der Waals surface area contributed by atoms with Crippen molar-refractivity contribution in [2.75, 3.05) is 5.32 Å². The third-order valence-electron chi connectivity index (χ3n) is 2.40. The molecule has 108 valence electrons. The number of hydrogen-bond donors (Lipinski definition) is 2. The molecule has 0 atom stereocenters. The first kappa shape index (κ1) is 16.0. The van der Waals surface area contributed by atoms with Crippen LogP contribution in [0.5, 0.6) is 0 Å². The second-order valence-electron chi connectivity index (χ2n) is 3.87. The molecule has 8 heteroatoms. The zero-order valence-corrected chi connectivity index (χ0v) is 14.4. The Morgan fingerprint density at radius 3 is 2.52 bits per heavy atom. The average Bonchev–Trinajstić information content (AvgIpc) is 2.45. The van der Waals surface area contributed by atoms with Crippen LogP contribution < -0.4 is 10.6 Å². The molecule has 0 saturated heterocycles. The van der Waals surface area contributed by atoms with Crippen LogP contribution in [0.1, 0.15) is 10.4 Å². The lowest BCUT2D eigenvalue weighted by atomic mass is 10.2. The van der Waals surface area contributed by atoms with E-state index in [1.165, 1.54) is 6.07 Å². The number of nitrogens with one attached hydrogen (secondary N) is 2. The second-order valence-corrected chi connectivity index (χ2v) is 5.78. The lowest BCUT2D eigenvalue weighted by molar-refractivity contribution is 0.0977. The van der Waals surface area contributed by atoms with Gasteiger partial charge in [-0.3, -0.25) is 10.1 Å². The van der Waals surface area contributed by atoms with E-state index in [9.17, 15) is 9.18 Å². The summed E-state index contributed by atoms with van der Waals surface area (Å²) in [5.41, 5.74) is 0.787. The Kier molecular flexibility index (Phi) is 5.38. The van der Waals surface area contributed by atoms with Crippen molar-refractivity contribution in [2.45, 2.75) is 0 Å². The summed E-state index contributed by atoms with van der Waals surface area (Å²) in [6, 6.07) is 9.83. The number of carbonyl (C=O) groups is 1. The molecule has 1 heterocycles. The van der Waals surface area contributed by atoms with E-state index in [1.807, 2.05) is 0 Å². The molecule has 2 N–H and O–H groups in total. The highest BCUT2D eigenvalue weighted by atomic mass is 79.9. The van der Waals surface area contributed by atoms with Gasteiger partial charge in [-0.05, 0) is 56.2 Å². The van der Waals surface area contributed by atoms with E-state index in [4.69, 9.17) is 12.2 Å². The minimum absolute atomic E-state index is 0.0491. The standard InChI is InChI=1S/C13H8Br2FN3OS/c14-10-8(16)6-9(11(15)18-10)17-13(21)19-12(20)7-4-2-1-3-5-7/h1-6H,(H2,17,19,20,21). The van der Waals surface area contributed by atoms with Gasteiger partial charge in [-0.25, -0.2) is 9.37 Å². The number of carbonyl (C=O) groups excluding carboxylic acids is 1. The van der Waals surface area contributed by atoms with Gasteiger partial charge in [0.1, 0.15) is 9.21 Å². The van der Waals surface area contributed by atoms with Crippen molar-refractivity contribution in [3.8, 4) is 0 Å². The Hall–Kier alpha value is -1.38. The summed E-state index contributed by atoms with van der Waals surface area (Å²) in [5, 5.41) is 5.26. The highest BCUT2D eigenvalue weighted by molar-refractivity contribution is 9.11. The molecule has 0 saturated carbocycles. The molecule has 0 fully saturated rings. The fourth-order valence-corrected chi connectivity index (χ4v) is 2.57.